The van der Waals surface area contributed by atoms with Gasteiger partial charge in [0.1, 0.15) is 0 Å². The van der Waals surface area contributed by atoms with Crippen LogP contribution in [0.15, 0.2) is 66.7 Å². The highest BCUT2D eigenvalue weighted by Crippen LogP contribution is 2.30. The second-order valence-electron chi connectivity index (χ2n) is 8.24. The third-order valence-electron chi connectivity index (χ3n) is 5.31. The first-order valence-corrected chi connectivity index (χ1v) is 10.4. The van der Waals surface area contributed by atoms with Gasteiger partial charge in [-0.1, -0.05) is 30.3 Å². The molecular formula is C25H26N2O5. The monoisotopic (exact) mass is 434 g/mol. The minimum atomic E-state index is -0.802. The number of benzene rings is 2. The zero-order valence-electron chi connectivity index (χ0n) is 18.2. The SMILES string of the molecule is CC(C)(CCCCOc1cc(-c2ccc([N+](=O)[O-])cc2)cc(-c2ccccc2)n1)C(=O)O. The zero-order chi connectivity index (χ0) is 23.1. The number of aliphatic carboxylic acids is 1. The predicted molar refractivity (Wildman–Crippen MR) is 123 cm³/mol. The third kappa shape index (κ3) is 5.91. The van der Waals surface area contributed by atoms with Gasteiger partial charge < -0.3 is 9.84 Å². The molecular weight excluding hydrogens is 408 g/mol. The summed E-state index contributed by atoms with van der Waals surface area (Å²) in [5.74, 6) is -0.347. The number of unbranched alkanes of at least 4 members (excludes halogenated alkanes) is 1. The van der Waals surface area contributed by atoms with E-state index in [9.17, 15) is 20.0 Å². The molecule has 3 rings (SSSR count). The largest absolute Gasteiger partial charge is 0.481 e. The summed E-state index contributed by atoms with van der Waals surface area (Å²) in [7, 11) is 0. The maximum absolute atomic E-state index is 11.2. The van der Waals surface area contributed by atoms with E-state index in [1.165, 1.54) is 12.1 Å². The number of rotatable bonds is 10. The highest BCUT2D eigenvalue weighted by Gasteiger charge is 2.26. The summed E-state index contributed by atoms with van der Waals surface area (Å²) in [4.78, 5) is 26.4. The number of hydrogen-bond acceptors (Lipinski definition) is 5. The molecule has 1 N–H and O–H groups in total. The fourth-order valence-electron chi connectivity index (χ4n) is 3.23. The van der Waals surface area contributed by atoms with Crippen LogP contribution >= 0.6 is 0 Å². The van der Waals surface area contributed by atoms with Crippen LogP contribution in [0.2, 0.25) is 0 Å². The molecule has 0 bridgehead atoms. The van der Waals surface area contributed by atoms with E-state index in [0.717, 1.165) is 28.8 Å². The molecule has 166 valence electrons. The fraction of sp³-hybridized carbons (Fsp3) is 0.280. The molecule has 32 heavy (non-hydrogen) atoms. The second-order valence-corrected chi connectivity index (χ2v) is 8.24. The maximum Gasteiger partial charge on any atom is 0.309 e. The van der Waals surface area contributed by atoms with Crippen molar-refractivity contribution in [1.29, 1.82) is 0 Å². The van der Waals surface area contributed by atoms with Crippen molar-refractivity contribution < 1.29 is 19.6 Å². The van der Waals surface area contributed by atoms with Crippen molar-refractivity contribution in [1.82, 2.24) is 4.98 Å². The van der Waals surface area contributed by atoms with E-state index in [4.69, 9.17) is 4.74 Å². The summed E-state index contributed by atoms with van der Waals surface area (Å²) in [6, 6.07) is 19.8. The van der Waals surface area contributed by atoms with Gasteiger partial charge in [-0.15, -0.1) is 0 Å². The number of non-ortho nitro benzene ring substituents is 1. The van der Waals surface area contributed by atoms with Crippen LogP contribution in [-0.4, -0.2) is 27.6 Å². The lowest BCUT2D eigenvalue weighted by molar-refractivity contribution is -0.384. The Kier molecular flexibility index (Phi) is 7.20. The van der Waals surface area contributed by atoms with Crippen LogP contribution in [0.5, 0.6) is 5.88 Å². The lowest BCUT2D eigenvalue weighted by Crippen LogP contribution is -2.23. The summed E-state index contributed by atoms with van der Waals surface area (Å²) >= 11 is 0. The van der Waals surface area contributed by atoms with Crippen LogP contribution in [0.4, 0.5) is 5.69 Å². The second kappa shape index (κ2) is 10.0. The Labute approximate surface area is 186 Å². The first-order valence-electron chi connectivity index (χ1n) is 10.4. The van der Waals surface area contributed by atoms with Crippen molar-refractivity contribution in [3.63, 3.8) is 0 Å². The Balaban J connectivity index is 1.78. The van der Waals surface area contributed by atoms with E-state index < -0.39 is 16.3 Å². The number of hydrogen-bond donors (Lipinski definition) is 1. The molecule has 3 aromatic rings. The molecule has 0 unspecified atom stereocenters. The number of nitro benzene ring substituents is 1. The summed E-state index contributed by atoms with van der Waals surface area (Å²) < 4.78 is 5.90. The van der Waals surface area contributed by atoms with Crippen LogP contribution in [0, 0.1) is 15.5 Å². The first kappa shape index (κ1) is 22.9. The third-order valence-corrected chi connectivity index (χ3v) is 5.31. The number of nitro groups is 1. The lowest BCUT2D eigenvalue weighted by atomic mass is 9.87. The minimum absolute atomic E-state index is 0.0341. The van der Waals surface area contributed by atoms with Crippen LogP contribution in [0.25, 0.3) is 22.4 Å². The van der Waals surface area contributed by atoms with Gasteiger partial charge in [0.25, 0.3) is 5.69 Å². The topological polar surface area (TPSA) is 103 Å². The van der Waals surface area contributed by atoms with Gasteiger partial charge >= 0.3 is 5.97 Å². The van der Waals surface area contributed by atoms with Crippen LogP contribution in [-0.2, 0) is 4.79 Å². The molecule has 0 spiro atoms. The molecule has 0 aliphatic rings. The summed E-state index contributed by atoms with van der Waals surface area (Å²) in [5.41, 5.74) is 2.62. The number of aromatic nitrogens is 1. The quantitative estimate of drug-likeness (QED) is 0.239. The molecule has 0 atom stereocenters. The van der Waals surface area contributed by atoms with E-state index >= 15 is 0 Å². The molecule has 2 aromatic carbocycles. The van der Waals surface area contributed by atoms with Crippen molar-refractivity contribution in [2.24, 2.45) is 5.41 Å². The van der Waals surface area contributed by atoms with Crippen LogP contribution < -0.4 is 4.74 Å². The summed E-state index contributed by atoms with van der Waals surface area (Å²) in [6.45, 7) is 3.86. The zero-order valence-corrected chi connectivity index (χ0v) is 18.2. The van der Waals surface area contributed by atoms with Crippen LogP contribution in [0.3, 0.4) is 0 Å². The number of carboxylic acid groups (broad SMARTS) is 1. The minimum Gasteiger partial charge on any atom is -0.481 e. The van der Waals surface area contributed by atoms with Crippen molar-refractivity contribution in [2.75, 3.05) is 6.61 Å². The highest BCUT2D eigenvalue weighted by molar-refractivity contribution is 5.73. The van der Waals surface area contributed by atoms with E-state index in [1.807, 2.05) is 42.5 Å². The molecule has 1 aromatic heterocycles. The summed E-state index contributed by atoms with van der Waals surface area (Å²) in [5, 5.41) is 20.2. The van der Waals surface area contributed by atoms with Gasteiger partial charge in [0.05, 0.1) is 22.6 Å². The van der Waals surface area contributed by atoms with Crippen LogP contribution in [0.1, 0.15) is 33.1 Å². The van der Waals surface area contributed by atoms with Crippen molar-refractivity contribution in [3.05, 3.63) is 76.8 Å². The van der Waals surface area contributed by atoms with E-state index in [-0.39, 0.29) is 5.69 Å². The lowest BCUT2D eigenvalue weighted by Gasteiger charge is -2.18. The van der Waals surface area contributed by atoms with Gasteiger partial charge in [0, 0.05) is 23.8 Å². The van der Waals surface area contributed by atoms with E-state index in [2.05, 4.69) is 4.98 Å². The predicted octanol–water partition coefficient (Wildman–Crippen LogP) is 5.98. The number of ether oxygens (including phenoxy) is 1. The van der Waals surface area contributed by atoms with Crippen molar-refractivity contribution in [3.8, 4) is 28.3 Å². The molecule has 7 heteroatoms. The van der Waals surface area contributed by atoms with Gasteiger partial charge in [-0.05, 0) is 62.4 Å². The van der Waals surface area contributed by atoms with Gasteiger partial charge in [-0.3, -0.25) is 14.9 Å². The fourth-order valence-corrected chi connectivity index (χ4v) is 3.23. The van der Waals surface area contributed by atoms with E-state index in [1.54, 1.807) is 26.0 Å². The Bertz CT molecular complexity index is 1080. The Morgan fingerprint density at radius 1 is 1.00 bits per heavy atom. The van der Waals surface area contributed by atoms with Gasteiger partial charge in [-0.25, -0.2) is 4.98 Å². The molecule has 0 fully saturated rings. The molecule has 0 saturated heterocycles. The number of pyridine rings is 1. The maximum atomic E-state index is 11.2. The number of carboxylic acids is 1. The van der Waals surface area contributed by atoms with Gasteiger partial charge in [0.15, 0.2) is 0 Å². The molecule has 0 aliphatic heterocycles. The molecule has 7 nitrogen and oxygen atoms in total. The standard InChI is InChI=1S/C25H26N2O5/c1-25(2,24(28)29)14-6-7-15-32-23-17-20(18-10-12-21(13-11-18)27(30)31)16-22(26-23)19-8-4-3-5-9-19/h3-5,8-13,16-17H,6-7,14-15H2,1-2H3,(H,28,29). The van der Waals surface area contributed by atoms with Gasteiger partial charge in [0.2, 0.25) is 5.88 Å². The van der Waals surface area contributed by atoms with Crippen molar-refractivity contribution in [2.45, 2.75) is 33.1 Å². The highest BCUT2D eigenvalue weighted by atomic mass is 16.6. The normalized spacial score (nSPS) is 11.2. The van der Waals surface area contributed by atoms with Crippen molar-refractivity contribution >= 4 is 11.7 Å². The molecule has 0 radical (unpaired) electrons. The first-order chi connectivity index (χ1) is 15.3. The molecule has 1 heterocycles. The Morgan fingerprint density at radius 3 is 2.31 bits per heavy atom. The molecule has 0 amide bonds. The Morgan fingerprint density at radius 2 is 1.69 bits per heavy atom. The average molecular weight is 434 g/mol. The number of carbonyl (C=O) groups is 1. The number of nitrogens with zero attached hydrogens (tertiary/aromatic N) is 2. The summed E-state index contributed by atoms with van der Waals surface area (Å²) in [6.07, 6.45) is 2.00. The van der Waals surface area contributed by atoms with E-state index in [0.29, 0.717) is 25.3 Å². The van der Waals surface area contributed by atoms with Gasteiger partial charge in [-0.2, -0.15) is 0 Å². The molecule has 0 saturated carbocycles. The Hall–Kier alpha value is -3.74. The molecule has 0 aliphatic carbocycles. The smallest absolute Gasteiger partial charge is 0.309 e. The average Bonchev–Trinajstić information content (AvgIpc) is 2.79.